The molecule has 0 aliphatic carbocycles. The predicted octanol–water partition coefficient (Wildman–Crippen LogP) is 3.56. The molecule has 0 aliphatic rings. The van der Waals surface area contributed by atoms with E-state index in [1.807, 2.05) is 20.8 Å². The van der Waals surface area contributed by atoms with E-state index in [0.29, 0.717) is 26.0 Å². The smallest absolute Gasteiger partial charge is 0.410 e. The van der Waals surface area contributed by atoms with Crippen molar-refractivity contribution in [3.63, 3.8) is 0 Å². The average Bonchev–Trinajstić information content (AvgIpc) is 2.40. The number of hydrogen-bond donors (Lipinski definition) is 0. The molecule has 0 spiro atoms. The van der Waals surface area contributed by atoms with Crippen molar-refractivity contribution in [3.8, 4) is 0 Å². The molecule has 0 fully saturated rings. The van der Waals surface area contributed by atoms with E-state index < -0.39 is 17.6 Å². The van der Waals surface area contributed by atoms with Gasteiger partial charge in [0.05, 0.1) is 12.5 Å². The van der Waals surface area contributed by atoms with Crippen LogP contribution in [0.1, 0.15) is 40.5 Å². The Morgan fingerprint density at radius 1 is 1.23 bits per heavy atom. The highest BCUT2D eigenvalue weighted by Crippen LogP contribution is 2.15. The molecule has 0 saturated carbocycles. The predicted molar refractivity (Wildman–Crippen MR) is 87.6 cm³/mol. The van der Waals surface area contributed by atoms with E-state index >= 15 is 0 Å². The van der Waals surface area contributed by atoms with Crippen molar-refractivity contribution in [1.29, 1.82) is 0 Å². The van der Waals surface area contributed by atoms with Crippen molar-refractivity contribution in [3.05, 3.63) is 25.3 Å². The maximum Gasteiger partial charge on any atom is 0.410 e. The highest BCUT2D eigenvalue weighted by atomic mass is 16.6. The number of ether oxygens (including phenoxy) is 2. The average molecular weight is 311 g/mol. The molecule has 126 valence electrons. The summed E-state index contributed by atoms with van der Waals surface area (Å²) in [4.78, 5) is 25.8. The molecule has 0 unspecified atom stereocenters. The number of rotatable bonds is 9. The first-order valence-corrected chi connectivity index (χ1v) is 7.61. The quantitative estimate of drug-likeness (QED) is 0.482. The first kappa shape index (κ1) is 20.2. The lowest BCUT2D eigenvalue weighted by Crippen LogP contribution is -2.41. The normalized spacial score (nSPS) is 12.2. The van der Waals surface area contributed by atoms with Gasteiger partial charge in [-0.2, -0.15) is 0 Å². The molecule has 0 aromatic heterocycles. The lowest BCUT2D eigenvalue weighted by molar-refractivity contribution is -0.148. The summed E-state index contributed by atoms with van der Waals surface area (Å²) in [6.07, 6.45) is 4.02. The lowest BCUT2D eigenvalue weighted by atomic mass is 10.1. The molecule has 0 bridgehead atoms. The number of esters is 1. The summed E-state index contributed by atoms with van der Waals surface area (Å²) >= 11 is 0. The summed E-state index contributed by atoms with van der Waals surface area (Å²) in [7, 11) is 0. The van der Waals surface area contributed by atoms with Crippen LogP contribution in [0.5, 0.6) is 0 Å². The fraction of sp³-hybridized carbons (Fsp3) is 0.647. The SMILES string of the molecule is C=CCCN(C[C@H](CC=C)C(=O)OCC)C(=O)OC(C)(C)C. The molecular weight excluding hydrogens is 282 g/mol. The third kappa shape index (κ3) is 8.49. The Morgan fingerprint density at radius 2 is 1.86 bits per heavy atom. The topological polar surface area (TPSA) is 55.8 Å². The molecule has 5 nitrogen and oxygen atoms in total. The summed E-state index contributed by atoms with van der Waals surface area (Å²) in [5.74, 6) is -0.760. The van der Waals surface area contributed by atoms with Crippen molar-refractivity contribution in [1.82, 2.24) is 4.90 Å². The fourth-order valence-electron chi connectivity index (χ4n) is 1.80. The molecule has 22 heavy (non-hydrogen) atoms. The highest BCUT2D eigenvalue weighted by molar-refractivity contribution is 5.74. The van der Waals surface area contributed by atoms with Crippen molar-refractivity contribution in [2.24, 2.45) is 5.92 Å². The van der Waals surface area contributed by atoms with Crippen molar-refractivity contribution >= 4 is 12.1 Å². The zero-order chi connectivity index (χ0) is 17.2. The highest BCUT2D eigenvalue weighted by Gasteiger charge is 2.27. The number of carbonyl (C=O) groups is 2. The third-order valence-electron chi connectivity index (χ3n) is 2.77. The molecule has 1 amide bonds. The van der Waals surface area contributed by atoms with Crippen molar-refractivity contribution in [2.75, 3.05) is 19.7 Å². The Kier molecular flexibility index (Phi) is 9.22. The second kappa shape index (κ2) is 10.0. The molecule has 0 radical (unpaired) electrons. The van der Waals surface area contributed by atoms with Crippen LogP contribution in [0.3, 0.4) is 0 Å². The Balaban J connectivity index is 4.97. The number of carbonyl (C=O) groups excluding carboxylic acids is 2. The first-order valence-electron chi connectivity index (χ1n) is 7.61. The van der Waals surface area contributed by atoms with Crippen LogP contribution < -0.4 is 0 Å². The zero-order valence-electron chi connectivity index (χ0n) is 14.3. The molecule has 0 saturated heterocycles. The number of hydrogen-bond acceptors (Lipinski definition) is 4. The van der Waals surface area contributed by atoms with Crippen LogP contribution in [0, 0.1) is 5.92 Å². The van der Waals surface area contributed by atoms with Gasteiger partial charge in [0, 0.05) is 13.1 Å². The lowest BCUT2D eigenvalue weighted by Gasteiger charge is -2.29. The number of amides is 1. The summed E-state index contributed by atoms with van der Waals surface area (Å²) in [5, 5.41) is 0. The monoisotopic (exact) mass is 311 g/mol. The molecule has 0 N–H and O–H groups in total. The van der Waals surface area contributed by atoms with Gasteiger partial charge in [-0.25, -0.2) is 4.79 Å². The fourth-order valence-corrected chi connectivity index (χ4v) is 1.80. The Hall–Kier alpha value is -1.78. The molecule has 0 rings (SSSR count). The van der Waals surface area contributed by atoms with Gasteiger partial charge >= 0.3 is 12.1 Å². The van der Waals surface area contributed by atoms with Gasteiger partial charge in [-0.3, -0.25) is 4.79 Å². The molecular formula is C17H29NO4. The van der Waals surface area contributed by atoms with Crippen molar-refractivity contribution in [2.45, 2.75) is 46.1 Å². The Labute approximate surface area is 134 Å². The van der Waals surface area contributed by atoms with E-state index in [4.69, 9.17) is 9.47 Å². The maximum absolute atomic E-state index is 12.3. The van der Waals surface area contributed by atoms with Crippen molar-refractivity contribution < 1.29 is 19.1 Å². The molecule has 0 aromatic carbocycles. The van der Waals surface area contributed by atoms with Crippen LogP contribution in [0.15, 0.2) is 25.3 Å². The van der Waals surface area contributed by atoms with E-state index in [1.165, 1.54) is 4.90 Å². The largest absolute Gasteiger partial charge is 0.466 e. The van der Waals surface area contributed by atoms with Crippen LogP contribution in [-0.2, 0) is 14.3 Å². The zero-order valence-corrected chi connectivity index (χ0v) is 14.3. The number of nitrogens with zero attached hydrogens (tertiary/aromatic N) is 1. The van der Waals surface area contributed by atoms with E-state index in [1.54, 1.807) is 19.1 Å². The summed E-state index contributed by atoms with van der Waals surface area (Å²) in [5.41, 5.74) is -0.582. The summed E-state index contributed by atoms with van der Waals surface area (Å²) in [6.45, 7) is 15.5. The minimum Gasteiger partial charge on any atom is -0.466 e. The van der Waals surface area contributed by atoms with E-state index in [0.717, 1.165) is 0 Å². The molecule has 0 heterocycles. The minimum absolute atomic E-state index is 0.244. The summed E-state index contributed by atoms with van der Waals surface area (Å²) in [6, 6.07) is 0. The van der Waals surface area contributed by atoms with Crippen LogP contribution >= 0.6 is 0 Å². The number of allylic oxidation sites excluding steroid dienone is 1. The second-order valence-electron chi connectivity index (χ2n) is 5.98. The van der Waals surface area contributed by atoms with Crippen LogP contribution in [-0.4, -0.2) is 42.3 Å². The van der Waals surface area contributed by atoms with Gasteiger partial charge in [0.25, 0.3) is 0 Å². The molecule has 5 heteroatoms. The van der Waals surface area contributed by atoms with Gasteiger partial charge in [-0.15, -0.1) is 13.2 Å². The van der Waals surface area contributed by atoms with Gasteiger partial charge in [0.1, 0.15) is 5.60 Å². The molecule has 0 aromatic rings. The Bertz CT molecular complexity index is 385. The van der Waals surface area contributed by atoms with Gasteiger partial charge in [0.15, 0.2) is 0 Å². The van der Waals surface area contributed by atoms with Crippen LogP contribution in [0.4, 0.5) is 4.79 Å². The first-order chi connectivity index (χ1) is 10.2. The van der Waals surface area contributed by atoms with E-state index in [9.17, 15) is 9.59 Å². The Morgan fingerprint density at radius 3 is 2.32 bits per heavy atom. The van der Waals surface area contributed by atoms with E-state index in [2.05, 4.69) is 13.2 Å². The maximum atomic E-state index is 12.3. The van der Waals surface area contributed by atoms with Crippen LogP contribution in [0.2, 0.25) is 0 Å². The van der Waals surface area contributed by atoms with Gasteiger partial charge < -0.3 is 14.4 Å². The van der Waals surface area contributed by atoms with Gasteiger partial charge in [0.2, 0.25) is 0 Å². The van der Waals surface area contributed by atoms with Gasteiger partial charge in [-0.05, 0) is 40.5 Å². The second-order valence-corrected chi connectivity index (χ2v) is 5.98. The molecule has 0 aliphatic heterocycles. The van der Waals surface area contributed by atoms with E-state index in [-0.39, 0.29) is 12.5 Å². The third-order valence-corrected chi connectivity index (χ3v) is 2.77. The summed E-state index contributed by atoms with van der Waals surface area (Å²) < 4.78 is 10.4. The van der Waals surface area contributed by atoms with Gasteiger partial charge in [-0.1, -0.05) is 12.2 Å². The minimum atomic E-state index is -0.582. The molecule has 1 atom stereocenters. The standard InChI is InChI=1S/C17H29NO4/c1-7-10-12-18(16(20)22-17(4,5)6)13-14(11-8-2)15(19)21-9-3/h7-8,14H,1-2,9-13H2,3-6H3/t14-/m0/s1. The van der Waals surface area contributed by atoms with Crippen LogP contribution in [0.25, 0.3) is 0 Å².